The van der Waals surface area contributed by atoms with Crippen LogP contribution in [0.3, 0.4) is 0 Å². The lowest BCUT2D eigenvalue weighted by Gasteiger charge is -2.26. The first-order chi connectivity index (χ1) is 21.6. The molecule has 0 rings (SSSR count). The molecule has 0 aromatic heterocycles. The lowest BCUT2D eigenvalue weighted by molar-refractivity contribution is -0.156. The Morgan fingerprint density at radius 2 is 0.773 bits per heavy atom. The molecule has 0 saturated heterocycles. The third-order valence-electron chi connectivity index (χ3n) is 9.33. The van der Waals surface area contributed by atoms with Gasteiger partial charge < -0.3 is 9.47 Å². The van der Waals surface area contributed by atoms with E-state index >= 15 is 0 Å². The summed E-state index contributed by atoms with van der Waals surface area (Å²) in [6.45, 7) is 9.14. The number of ether oxygens (including phenoxy) is 2. The topological polar surface area (TPSA) is 52.6 Å². The van der Waals surface area contributed by atoms with Crippen LogP contribution in [0.2, 0.25) is 0 Å². The SMILES string of the molecule is CCCCCCCCCCCCCCCC(=O)OC[C@H](CC)[C@@H](CCC)OC(=O)CCCCCCCCCCCCCCC. The van der Waals surface area contributed by atoms with Gasteiger partial charge in [0, 0.05) is 18.8 Å². The summed E-state index contributed by atoms with van der Waals surface area (Å²) in [5.74, 6) is -0.0931. The van der Waals surface area contributed by atoms with Crippen molar-refractivity contribution in [3.05, 3.63) is 0 Å². The number of rotatable bonds is 35. The van der Waals surface area contributed by atoms with E-state index in [4.69, 9.17) is 9.47 Å². The van der Waals surface area contributed by atoms with E-state index in [1.807, 2.05) is 0 Å². The maximum absolute atomic E-state index is 12.6. The van der Waals surface area contributed by atoms with Crippen molar-refractivity contribution in [3.63, 3.8) is 0 Å². The molecule has 0 aliphatic carbocycles. The first-order valence-corrected chi connectivity index (χ1v) is 19.9. The predicted molar refractivity (Wildman–Crippen MR) is 190 cm³/mol. The van der Waals surface area contributed by atoms with Crippen LogP contribution in [0.1, 0.15) is 227 Å². The molecule has 0 fully saturated rings. The van der Waals surface area contributed by atoms with Crippen molar-refractivity contribution >= 4 is 11.9 Å². The zero-order chi connectivity index (χ0) is 32.4. The average Bonchev–Trinajstić information content (AvgIpc) is 3.02. The molecule has 0 saturated carbocycles. The Kier molecular flexibility index (Phi) is 34.0. The standard InChI is InChI=1S/C40H78O4/c1-5-9-11-13-15-17-19-21-23-25-27-29-31-34-39(41)43-36-37(8-4)38(33-7-3)44-40(42)35-32-30-28-26-24-22-20-18-16-14-12-10-6-2/h37-38H,5-36H2,1-4H3/t37-,38+/m0/s1. The molecule has 0 aromatic rings. The summed E-state index contributed by atoms with van der Waals surface area (Å²) in [6.07, 6.45) is 37.4. The van der Waals surface area contributed by atoms with E-state index in [2.05, 4.69) is 27.7 Å². The molecule has 0 unspecified atom stereocenters. The van der Waals surface area contributed by atoms with Gasteiger partial charge in [0.05, 0.1) is 6.61 Å². The van der Waals surface area contributed by atoms with E-state index in [9.17, 15) is 9.59 Å². The lowest BCUT2D eigenvalue weighted by atomic mass is 9.96. The fourth-order valence-electron chi connectivity index (χ4n) is 6.24. The van der Waals surface area contributed by atoms with Crippen molar-refractivity contribution in [1.82, 2.24) is 0 Å². The van der Waals surface area contributed by atoms with Crippen LogP contribution in [0.15, 0.2) is 0 Å². The van der Waals surface area contributed by atoms with Crippen molar-refractivity contribution in [3.8, 4) is 0 Å². The van der Waals surface area contributed by atoms with Gasteiger partial charge in [0.1, 0.15) is 6.10 Å². The highest BCUT2D eigenvalue weighted by Crippen LogP contribution is 2.21. The Morgan fingerprint density at radius 3 is 1.11 bits per heavy atom. The Hall–Kier alpha value is -1.06. The van der Waals surface area contributed by atoms with E-state index in [-0.39, 0.29) is 24.0 Å². The first kappa shape index (κ1) is 42.9. The van der Waals surface area contributed by atoms with Crippen LogP contribution in [0.5, 0.6) is 0 Å². The highest BCUT2D eigenvalue weighted by molar-refractivity contribution is 5.70. The fourth-order valence-corrected chi connectivity index (χ4v) is 6.24. The molecular formula is C40H78O4. The second-order valence-corrected chi connectivity index (χ2v) is 13.7. The van der Waals surface area contributed by atoms with Crippen LogP contribution in [-0.4, -0.2) is 24.6 Å². The van der Waals surface area contributed by atoms with E-state index < -0.39 is 0 Å². The second kappa shape index (κ2) is 34.8. The third-order valence-corrected chi connectivity index (χ3v) is 9.33. The number of hydrogen-bond acceptors (Lipinski definition) is 4. The molecule has 0 radical (unpaired) electrons. The van der Waals surface area contributed by atoms with Crippen molar-refractivity contribution in [2.75, 3.05) is 6.61 Å². The van der Waals surface area contributed by atoms with Gasteiger partial charge in [0.25, 0.3) is 0 Å². The largest absolute Gasteiger partial charge is 0.465 e. The van der Waals surface area contributed by atoms with Gasteiger partial charge in [0.2, 0.25) is 0 Å². The molecule has 2 atom stereocenters. The zero-order valence-corrected chi connectivity index (χ0v) is 30.4. The van der Waals surface area contributed by atoms with Gasteiger partial charge in [-0.05, 0) is 25.7 Å². The van der Waals surface area contributed by atoms with E-state index in [0.29, 0.717) is 19.4 Å². The summed E-state index contributed by atoms with van der Waals surface area (Å²) >= 11 is 0. The monoisotopic (exact) mass is 623 g/mol. The number of carbonyl (C=O) groups excluding carboxylic acids is 2. The molecule has 0 aliphatic rings. The molecule has 4 nitrogen and oxygen atoms in total. The van der Waals surface area contributed by atoms with Crippen molar-refractivity contribution < 1.29 is 19.1 Å². The van der Waals surface area contributed by atoms with Crippen LogP contribution in [0.25, 0.3) is 0 Å². The Morgan fingerprint density at radius 1 is 0.432 bits per heavy atom. The van der Waals surface area contributed by atoms with Gasteiger partial charge in [-0.1, -0.05) is 188 Å². The summed E-state index contributed by atoms with van der Waals surface area (Å²) in [4.78, 5) is 25.0. The van der Waals surface area contributed by atoms with Crippen LogP contribution in [0.4, 0.5) is 0 Å². The Balaban J connectivity index is 3.88. The average molecular weight is 623 g/mol. The maximum atomic E-state index is 12.6. The molecule has 0 spiro atoms. The minimum Gasteiger partial charge on any atom is -0.465 e. The molecule has 4 heteroatoms. The molecule has 0 N–H and O–H groups in total. The molecule has 0 heterocycles. The van der Waals surface area contributed by atoms with Crippen molar-refractivity contribution in [2.24, 2.45) is 5.92 Å². The number of carbonyl (C=O) groups is 2. The molecule has 0 aromatic carbocycles. The van der Waals surface area contributed by atoms with Crippen LogP contribution in [0, 0.1) is 5.92 Å². The van der Waals surface area contributed by atoms with Crippen LogP contribution in [-0.2, 0) is 19.1 Å². The summed E-state index contributed by atoms with van der Waals surface area (Å²) in [7, 11) is 0. The second-order valence-electron chi connectivity index (χ2n) is 13.7. The number of esters is 2. The van der Waals surface area contributed by atoms with E-state index in [1.54, 1.807) is 0 Å². The fraction of sp³-hybridized carbons (Fsp3) is 0.950. The predicted octanol–water partition coefficient (Wildman–Crippen LogP) is 13.2. The maximum Gasteiger partial charge on any atom is 0.306 e. The minimum absolute atomic E-state index is 0.0803. The Bertz CT molecular complexity index is 604. The van der Waals surface area contributed by atoms with Crippen LogP contribution >= 0.6 is 0 Å². The summed E-state index contributed by atoms with van der Waals surface area (Å²) in [6, 6.07) is 0. The highest BCUT2D eigenvalue weighted by atomic mass is 16.6. The highest BCUT2D eigenvalue weighted by Gasteiger charge is 2.24. The molecule has 44 heavy (non-hydrogen) atoms. The van der Waals surface area contributed by atoms with Crippen molar-refractivity contribution in [1.29, 1.82) is 0 Å². The van der Waals surface area contributed by atoms with Gasteiger partial charge in [-0.2, -0.15) is 0 Å². The number of unbranched alkanes of at least 4 members (excludes halogenated alkanes) is 24. The third kappa shape index (κ3) is 29.6. The summed E-state index contributed by atoms with van der Waals surface area (Å²) < 4.78 is 11.6. The van der Waals surface area contributed by atoms with Gasteiger partial charge in [0.15, 0.2) is 0 Å². The van der Waals surface area contributed by atoms with E-state index in [1.165, 1.54) is 141 Å². The zero-order valence-electron chi connectivity index (χ0n) is 30.4. The Labute approximate surface area is 276 Å². The van der Waals surface area contributed by atoms with Crippen LogP contribution < -0.4 is 0 Å². The molecular weight excluding hydrogens is 544 g/mol. The minimum atomic E-state index is -0.149. The summed E-state index contributed by atoms with van der Waals surface area (Å²) in [5.41, 5.74) is 0. The van der Waals surface area contributed by atoms with Gasteiger partial charge in [-0.3, -0.25) is 9.59 Å². The smallest absolute Gasteiger partial charge is 0.306 e. The summed E-state index contributed by atoms with van der Waals surface area (Å²) in [5, 5.41) is 0. The van der Waals surface area contributed by atoms with Gasteiger partial charge in [-0.15, -0.1) is 0 Å². The quantitative estimate of drug-likeness (QED) is 0.0521. The molecule has 0 bridgehead atoms. The first-order valence-electron chi connectivity index (χ1n) is 19.9. The van der Waals surface area contributed by atoms with Gasteiger partial charge >= 0.3 is 11.9 Å². The molecule has 262 valence electrons. The molecule has 0 amide bonds. The van der Waals surface area contributed by atoms with E-state index in [0.717, 1.165) is 44.9 Å². The van der Waals surface area contributed by atoms with Gasteiger partial charge in [-0.25, -0.2) is 0 Å². The lowest BCUT2D eigenvalue weighted by Crippen LogP contribution is -2.30. The normalized spacial score (nSPS) is 12.7. The molecule has 0 aliphatic heterocycles. The number of hydrogen-bond donors (Lipinski definition) is 0. The van der Waals surface area contributed by atoms with Crippen molar-refractivity contribution in [2.45, 2.75) is 233 Å².